The fourth-order valence-corrected chi connectivity index (χ4v) is 13.3. The molecule has 3 fully saturated rings. The van der Waals surface area contributed by atoms with E-state index in [4.69, 9.17) is 4.74 Å². The lowest BCUT2D eigenvalue weighted by molar-refractivity contribution is -0.151. The molecule has 5 atom stereocenters. The fraction of sp³-hybridized carbons (Fsp3) is 0.413. The zero-order valence-corrected chi connectivity index (χ0v) is 34.4. The van der Waals surface area contributed by atoms with Gasteiger partial charge in [-0.3, -0.25) is 19.3 Å². The molecule has 9 rings (SSSR count). The van der Waals surface area contributed by atoms with Crippen molar-refractivity contribution in [3.05, 3.63) is 125 Å². The highest BCUT2D eigenvalue weighted by molar-refractivity contribution is 6.72. The summed E-state index contributed by atoms with van der Waals surface area (Å²) in [5, 5.41) is 13.8. The van der Waals surface area contributed by atoms with E-state index in [1.807, 2.05) is 115 Å². The van der Waals surface area contributed by atoms with Gasteiger partial charge >= 0.3 is 0 Å². The molecule has 0 saturated carbocycles. The van der Waals surface area contributed by atoms with Gasteiger partial charge in [-0.25, -0.2) is 0 Å². The molecule has 58 heavy (non-hydrogen) atoms. The maximum atomic E-state index is 16.9. The monoisotopic (exact) mass is 801 g/mol. The molecule has 3 amide bonds. The Kier molecular flexibility index (Phi) is 9.82. The van der Waals surface area contributed by atoms with Gasteiger partial charge in [-0.2, -0.15) is 0 Å². The Bertz CT molecular complexity index is 2210. The Labute approximate surface area is 340 Å². The summed E-state index contributed by atoms with van der Waals surface area (Å²) >= 11 is 0. The largest absolute Gasteiger partial charge is 0.394 e. The molecule has 4 aromatic carbocycles. The molecule has 0 aliphatic carbocycles. The van der Waals surface area contributed by atoms with E-state index in [0.717, 1.165) is 35.5 Å². The summed E-state index contributed by atoms with van der Waals surface area (Å²) in [7, 11) is -3.61. The molecule has 2 spiro atoms. The van der Waals surface area contributed by atoms with Crippen LogP contribution in [-0.4, -0.2) is 80.2 Å². The number of halogens is 1. The fourth-order valence-electron chi connectivity index (χ4n) is 10.8. The lowest BCUT2D eigenvalue weighted by Crippen LogP contribution is -2.55. The van der Waals surface area contributed by atoms with Crippen LogP contribution in [0.4, 0.5) is 21.2 Å². The quantitative estimate of drug-likeness (QED) is 0.160. The second-order valence-corrected chi connectivity index (χ2v) is 21.1. The van der Waals surface area contributed by atoms with Crippen LogP contribution in [0.5, 0.6) is 0 Å². The maximum Gasteiger partial charge on any atom is 0.264 e. The first-order chi connectivity index (χ1) is 28.0. The van der Waals surface area contributed by atoms with Crippen molar-refractivity contribution < 1.29 is 28.3 Å². The smallest absolute Gasteiger partial charge is 0.264 e. The van der Waals surface area contributed by atoms with E-state index in [0.29, 0.717) is 49.4 Å². The maximum absolute atomic E-state index is 16.9. The number of benzene rings is 4. The molecule has 5 aliphatic heterocycles. The number of carbonyl (C=O) groups excluding carboxylic acids is 3. The minimum Gasteiger partial charge on any atom is -0.394 e. The van der Waals surface area contributed by atoms with Crippen molar-refractivity contribution in [1.82, 2.24) is 10.2 Å². The van der Waals surface area contributed by atoms with Gasteiger partial charge in [0.05, 0.1) is 44.1 Å². The number of hydrogen-bond donors (Lipinski definition) is 2. The van der Waals surface area contributed by atoms with Crippen molar-refractivity contribution in [3.8, 4) is 0 Å². The molecule has 4 aromatic rings. The third-order valence-electron chi connectivity index (χ3n) is 13.6. The molecule has 2 N–H and O–H groups in total. The Morgan fingerprint density at radius 2 is 1.57 bits per heavy atom. The van der Waals surface area contributed by atoms with E-state index in [2.05, 4.69) is 10.2 Å². The molecular formula is C46H52FN5O5Si. The van der Waals surface area contributed by atoms with Gasteiger partial charge in [-0.1, -0.05) is 79.7 Å². The first-order valence-corrected chi connectivity index (χ1v) is 23.6. The average Bonchev–Trinajstić information content (AvgIpc) is 3.78. The Morgan fingerprint density at radius 3 is 2.26 bits per heavy atom. The summed E-state index contributed by atoms with van der Waals surface area (Å²) in [6.07, 6.45) is 0.827. The van der Waals surface area contributed by atoms with Gasteiger partial charge < -0.3 is 34.0 Å². The number of amides is 3. The zero-order chi connectivity index (χ0) is 40.4. The van der Waals surface area contributed by atoms with Crippen molar-refractivity contribution in [2.75, 3.05) is 41.1 Å². The summed E-state index contributed by atoms with van der Waals surface area (Å²) in [6, 6.07) is 33.1. The number of anilines is 3. The number of ether oxygens (including phenoxy) is 1. The Morgan fingerprint density at radius 1 is 0.897 bits per heavy atom. The van der Waals surface area contributed by atoms with Crippen LogP contribution in [0.3, 0.4) is 0 Å². The Hall–Kier alpha value is -4.88. The highest BCUT2D eigenvalue weighted by Crippen LogP contribution is 2.61. The predicted molar refractivity (Wildman–Crippen MR) is 224 cm³/mol. The molecule has 10 nitrogen and oxygen atoms in total. The first kappa shape index (κ1) is 38.6. The van der Waals surface area contributed by atoms with Gasteiger partial charge in [0.15, 0.2) is 5.60 Å². The molecule has 0 radical (unpaired) electrons. The van der Waals surface area contributed by atoms with Crippen LogP contribution in [0.15, 0.2) is 103 Å². The number of aliphatic hydroxyl groups is 1. The van der Waals surface area contributed by atoms with Gasteiger partial charge in [-0.05, 0) is 92.5 Å². The highest BCUT2D eigenvalue weighted by atomic mass is 28.4. The second-order valence-electron chi connectivity index (χ2n) is 17.3. The lowest BCUT2D eigenvalue weighted by atomic mass is 9.82. The molecule has 302 valence electrons. The van der Waals surface area contributed by atoms with Gasteiger partial charge in [0, 0.05) is 34.9 Å². The summed E-state index contributed by atoms with van der Waals surface area (Å²) < 4.78 is 24.0. The topological polar surface area (TPSA) is 106 Å². The van der Waals surface area contributed by atoms with Crippen LogP contribution in [-0.2, 0) is 44.2 Å². The SMILES string of the molecule is C[C@H]1[C@H]([Si](C)(C)F)[C@@H](CC(=O)N2Cc3ccccc3C[C@H]2CO)O[C@]12C(=O)N(Cc1ccccc1)c1ccc(N3CN(c4ccccc4)C4(CCNCC4)C3=O)cc12. The van der Waals surface area contributed by atoms with E-state index in [1.165, 1.54) is 0 Å². The van der Waals surface area contributed by atoms with Crippen molar-refractivity contribution in [2.45, 2.75) is 87.6 Å². The van der Waals surface area contributed by atoms with Gasteiger partial charge in [0.25, 0.3) is 11.8 Å². The van der Waals surface area contributed by atoms with Crippen LogP contribution in [0, 0.1) is 5.92 Å². The number of hydrogen-bond acceptors (Lipinski definition) is 7. The van der Waals surface area contributed by atoms with Gasteiger partial charge in [-0.15, -0.1) is 0 Å². The van der Waals surface area contributed by atoms with Crippen LogP contribution in [0.1, 0.15) is 48.4 Å². The normalized spacial score (nSPS) is 26.5. The van der Waals surface area contributed by atoms with Crippen molar-refractivity contribution in [2.24, 2.45) is 5.92 Å². The number of piperidine rings is 1. The molecule has 5 heterocycles. The molecule has 12 heteroatoms. The lowest BCUT2D eigenvalue weighted by Gasteiger charge is -2.39. The molecule has 3 saturated heterocycles. The summed E-state index contributed by atoms with van der Waals surface area (Å²) in [4.78, 5) is 51.9. The third-order valence-corrected chi connectivity index (χ3v) is 16.1. The number of carbonyl (C=O) groups is 3. The minimum absolute atomic E-state index is 0.0119. The van der Waals surface area contributed by atoms with Crippen LogP contribution in [0.25, 0.3) is 0 Å². The van der Waals surface area contributed by atoms with Crippen molar-refractivity contribution in [1.29, 1.82) is 0 Å². The number of nitrogens with one attached hydrogen (secondary N) is 1. The molecule has 0 unspecified atom stereocenters. The standard InChI is InChI=1S/C46H52FN5O5Si/c1-31-42(58(2,3)47)40(26-41(54)49-28-34-15-11-10-14-33(34)24-37(49)29-53)57-46(31)38-25-36(18-19-39(38)50(44(46)56)27-32-12-6-4-7-13-32)51-30-52(35-16-8-5-9-17-35)45(43(51)55)20-22-48-23-21-45/h4-19,25,31,37,40,42,48,53H,20-24,26-30H2,1-3H3/t31-,37-,40+,42-,46+/m0/s1. The highest BCUT2D eigenvalue weighted by Gasteiger charge is 2.67. The van der Waals surface area contributed by atoms with Crippen LogP contribution >= 0.6 is 0 Å². The number of aliphatic hydroxyl groups excluding tert-OH is 1. The molecule has 0 aromatic heterocycles. The summed E-state index contributed by atoms with van der Waals surface area (Å²) in [5.41, 5.74) is 2.91. The van der Waals surface area contributed by atoms with E-state index in [1.54, 1.807) is 22.9 Å². The van der Waals surface area contributed by atoms with Crippen molar-refractivity contribution in [3.63, 3.8) is 0 Å². The van der Waals surface area contributed by atoms with E-state index in [-0.39, 0.29) is 37.3 Å². The van der Waals surface area contributed by atoms with E-state index >= 15 is 8.90 Å². The summed E-state index contributed by atoms with van der Waals surface area (Å²) in [5.74, 6) is -1.14. The van der Waals surface area contributed by atoms with Gasteiger partial charge in [0.1, 0.15) is 5.54 Å². The van der Waals surface area contributed by atoms with Gasteiger partial charge in [0.2, 0.25) is 14.3 Å². The first-order valence-electron chi connectivity index (χ1n) is 20.7. The third kappa shape index (κ3) is 6.18. The Balaban J connectivity index is 1.11. The number of nitrogens with zero attached hydrogens (tertiary/aromatic N) is 4. The number of fused-ring (bicyclic) bond motifs is 3. The van der Waals surface area contributed by atoms with Crippen LogP contribution < -0.4 is 20.0 Å². The minimum atomic E-state index is -3.61. The number of rotatable bonds is 8. The zero-order valence-electron chi connectivity index (χ0n) is 33.4. The summed E-state index contributed by atoms with van der Waals surface area (Å²) in [6.45, 7) is 7.37. The van der Waals surface area contributed by atoms with E-state index < -0.39 is 43.2 Å². The van der Waals surface area contributed by atoms with E-state index in [9.17, 15) is 14.7 Å². The average molecular weight is 802 g/mol. The van der Waals surface area contributed by atoms with Crippen molar-refractivity contribution >= 4 is 43.2 Å². The number of para-hydroxylation sites is 1. The van der Waals surface area contributed by atoms with Crippen LogP contribution in [0.2, 0.25) is 18.6 Å². The predicted octanol–water partition coefficient (Wildman–Crippen LogP) is 6.28. The molecule has 5 aliphatic rings. The second kappa shape index (κ2) is 14.7. The molecule has 0 bridgehead atoms. The molecular weight excluding hydrogens is 750 g/mol.